The third-order valence-corrected chi connectivity index (χ3v) is 3.77. The summed E-state index contributed by atoms with van der Waals surface area (Å²) >= 11 is 0. The van der Waals surface area contributed by atoms with Crippen molar-refractivity contribution in [1.82, 2.24) is 4.90 Å². The molecule has 2 rings (SSSR count). The number of terminal acetylenes is 1. The Labute approximate surface area is 133 Å². The monoisotopic (exact) mass is 320 g/mol. The van der Waals surface area contributed by atoms with Crippen molar-refractivity contribution in [3.05, 3.63) is 24.0 Å². The lowest BCUT2D eigenvalue weighted by Gasteiger charge is -2.21. The number of hydrogen-bond acceptors (Lipinski definition) is 3. The molecule has 0 aromatic heterocycles. The van der Waals surface area contributed by atoms with E-state index in [4.69, 9.17) is 11.2 Å². The van der Waals surface area contributed by atoms with Gasteiger partial charge in [0.15, 0.2) is 0 Å². The van der Waals surface area contributed by atoms with E-state index in [1.807, 2.05) is 0 Å². The smallest absolute Gasteiger partial charge is 0.321 e. The number of halogens is 1. The van der Waals surface area contributed by atoms with Gasteiger partial charge in [-0.1, -0.05) is 5.92 Å². The van der Waals surface area contributed by atoms with Crippen LogP contribution in [0.25, 0.3) is 0 Å². The van der Waals surface area contributed by atoms with Gasteiger partial charge in [0.05, 0.1) is 11.1 Å². The van der Waals surface area contributed by atoms with E-state index in [1.165, 1.54) is 17.0 Å². The van der Waals surface area contributed by atoms with Crippen molar-refractivity contribution in [2.45, 2.75) is 13.3 Å². The second-order valence-electron chi connectivity index (χ2n) is 5.60. The topological polar surface area (TPSA) is 78.9 Å². The minimum absolute atomic E-state index is 0.0624. The lowest BCUT2D eigenvalue weighted by Crippen LogP contribution is -2.37. The fourth-order valence-electron chi connectivity index (χ4n) is 2.34. The number of carboxylic acid groups (broad SMARTS) is 1. The predicted octanol–water partition coefficient (Wildman–Crippen LogP) is 2.17. The first-order valence-corrected chi connectivity index (χ1v) is 7.01. The summed E-state index contributed by atoms with van der Waals surface area (Å²) in [6.07, 6.45) is 5.48. The fraction of sp³-hybridized carbons (Fsp3) is 0.375. The predicted molar refractivity (Wildman–Crippen MR) is 81.7 cm³/mol. The fourth-order valence-corrected chi connectivity index (χ4v) is 2.34. The van der Waals surface area contributed by atoms with Gasteiger partial charge in [-0.3, -0.25) is 4.79 Å². The molecule has 1 aliphatic rings. The van der Waals surface area contributed by atoms with Gasteiger partial charge in [0.25, 0.3) is 0 Å². The van der Waals surface area contributed by atoms with E-state index in [-0.39, 0.29) is 24.6 Å². The number of nitrogens with one attached hydrogen (secondary N) is 1. The zero-order chi connectivity index (χ0) is 17.0. The van der Waals surface area contributed by atoms with E-state index in [2.05, 4.69) is 11.2 Å². The highest BCUT2D eigenvalue weighted by molar-refractivity contribution is 5.92. The molecule has 0 spiro atoms. The van der Waals surface area contributed by atoms with Crippen molar-refractivity contribution in [3.8, 4) is 18.1 Å². The molecule has 1 heterocycles. The standard InChI is InChI=1S/C16H17FN2O4/c1-3-8-23-13-9-11(17)4-5-12(13)18-15(22)19-7-6-16(2,10-19)14(20)21/h1,4-5,9H,6-8,10H2,2H3,(H,18,22)(H,20,21). The van der Waals surface area contributed by atoms with Gasteiger partial charge in [0.1, 0.15) is 18.2 Å². The summed E-state index contributed by atoms with van der Waals surface area (Å²) in [6.45, 7) is 1.97. The van der Waals surface area contributed by atoms with Gasteiger partial charge in [-0.25, -0.2) is 9.18 Å². The summed E-state index contributed by atoms with van der Waals surface area (Å²) in [5.74, 6) is 0.927. The van der Waals surface area contributed by atoms with E-state index < -0.39 is 23.2 Å². The van der Waals surface area contributed by atoms with E-state index in [0.29, 0.717) is 13.0 Å². The van der Waals surface area contributed by atoms with Crippen LogP contribution >= 0.6 is 0 Å². The summed E-state index contributed by atoms with van der Waals surface area (Å²) in [7, 11) is 0. The molecular weight excluding hydrogens is 303 g/mol. The molecule has 0 bridgehead atoms. The van der Waals surface area contributed by atoms with E-state index >= 15 is 0 Å². The number of ether oxygens (including phenoxy) is 1. The number of carbonyl (C=O) groups excluding carboxylic acids is 1. The molecule has 1 fully saturated rings. The minimum atomic E-state index is -0.955. The minimum Gasteiger partial charge on any atom is -0.481 e. The molecule has 1 aliphatic heterocycles. The zero-order valence-electron chi connectivity index (χ0n) is 12.6. The van der Waals surface area contributed by atoms with Gasteiger partial charge in [-0.05, 0) is 25.5 Å². The third-order valence-electron chi connectivity index (χ3n) is 3.77. The molecule has 6 nitrogen and oxygen atoms in total. The van der Waals surface area contributed by atoms with Crippen molar-refractivity contribution in [2.24, 2.45) is 5.41 Å². The largest absolute Gasteiger partial charge is 0.481 e. The Morgan fingerprint density at radius 1 is 1.57 bits per heavy atom. The van der Waals surface area contributed by atoms with E-state index in [9.17, 15) is 19.1 Å². The maximum atomic E-state index is 13.3. The van der Waals surface area contributed by atoms with Gasteiger partial charge < -0.3 is 20.1 Å². The normalized spacial score (nSPS) is 20.0. The highest BCUT2D eigenvalue weighted by Gasteiger charge is 2.42. The second kappa shape index (κ2) is 6.57. The molecule has 7 heteroatoms. The SMILES string of the molecule is C#CCOc1cc(F)ccc1NC(=O)N1CCC(C)(C(=O)O)C1. The van der Waals surface area contributed by atoms with Crippen LogP contribution in [0.1, 0.15) is 13.3 Å². The van der Waals surface area contributed by atoms with Crippen molar-refractivity contribution < 1.29 is 23.8 Å². The Balaban J connectivity index is 2.09. The number of rotatable bonds is 4. The van der Waals surface area contributed by atoms with Crippen molar-refractivity contribution in [1.29, 1.82) is 0 Å². The number of anilines is 1. The Bertz CT molecular complexity index is 671. The van der Waals surface area contributed by atoms with Crippen LogP contribution in [-0.2, 0) is 4.79 Å². The van der Waals surface area contributed by atoms with Crippen LogP contribution < -0.4 is 10.1 Å². The summed E-state index contributed by atoms with van der Waals surface area (Å²) in [4.78, 5) is 24.9. The number of urea groups is 1. The Morgan fingerprint density at radius 2 is 2.30 bits per heavy atom. The lowest BCUT2D eigenvalue weighted by molar-refractivity contribution is -0.146. The Kier molecular flexibility index (Phi) is 4.74. The van der Waals surface area contributed by atoms with Crippen LogP contribution in [0.15, 0.2) is 18.2 Å². The van der Waals surface area contributed by atoms with Crippen molar-refractivity contribution in [2.75, 3.05) is 25.0 Å². The van der Waals surface area contributed by atoms with Crippen LogP contribution in [0, 0.1) is 23.6 Å². The molecule has 0 saturated carbocycles. The van der Waals surface area contributed by atoms with Crippen LogP contribution in [-0.4, -0.2) is 41.7 Å². The molecule has 23 heavy (non-hydrogen) atoms. The lowest BCUT2D eigenvalue weighted by atomic mass is 9.90. The van der Waals surface area contributed by atoms with Gasteiger partial charge in [0, 0.05) is 19.2 Å². The molecule has 122 valence electrons. The zero-order valence-corrected chi connectivity index (χ0v) is 12.6. The number of likely N-dealkylation sites (tertiary alicyclic amines) is 1. The van der Waals surface area contributed by atoms with Gasteiger partial charge in [-0.2, -0.15) is 0 Å². The first-order chi connectivity index (χ1) is 10.9. The average molecular weight is 320 g/mol. The van der Waals surface area contributed by atoms with Crippen LogP contribution in [0.2, 0.25) is 0 Å². The van der Waals surface area contributed by atoms with Crippen LogP contribution in [0.5, 0.6) is 5.75 Å². The molecular formula is C16H17FN2O4. The number of carbonyl (C=O) groups is 2. The third kappa shape index (κ3) is 3.72. The van der Waals surface area contributed by atoms with Gasteiger partial charge in [0.2, 0.25) is 0 Å². The molecule has 1 saturated heterocycles. The molecule has 1 atom stereocenters. The molecule has 2 N–H and O–H groups in total. The van der Waals surface area contributed by atoms with E-state index in [0.717, 1.165) is 6.07 Å². The van der Waals surface area contributed by atoms with Crippen molar-refractivity contribution in [3.63, 3.8) is 0 Å². The highest BCUT2D eigenvalue weighted by Crippen LogP contribution is 2.31. The molecule has 1 unspecified atom stereocenters. The summed E-state index contributed by atoms with van der Waals surface area (Å²) in [5.41, 5.74) is -0.682. The van der Waals surface area contributed by atoms with Crippen molar-refractivity contribution >= 4 is 17.7 Å². The Morgan fingerprint density at radius 3 is 2.91 bits per heavy atom. The maximum absolute atomic E-state index is 13.3. The number of aliphatic carboxylic acids is 1. The number of benzene rings is 1. The second-order valence-corrected chi connectivity index (χ2v) is 5.60. The first kappa shape index (κ1) is 16.6. The average Bonchev–Trinajstić information content (AvgIpc) is 2.91. The number of amides is 2. The molecule has 0 aliphatic carbocycles. The van der Waals surface area contributed by atoms with Gasteiger partial charge >= 0.3 is 12.0 Å². The molecule has 1 aromatic carbocycles. The number of nitrogens with zero attached hydrogens (tertiary/aromatic N) is 1. The summed E-state index contributed by atoms with van der Waals surface area (Å²) in [5, 5.41) is 11.8. The Hall–Kier alpha value is -2.75. The summed E-state index contributed by atoms with van der Waals surface area (Å²) in [6, 6.07) is 3.21. The molecule has 1 aromatic rings. The van der Waals surface area contributed by atoms with Gasteiger partial charge in [-0.15, -0.1) is 6.42 Å². The van der Waals surface area contributed by atoms with E-state index in [1.54, 1.807) is 6.92 Å². The molecule has 0 radical (unpaired) electrons. The number of carboxylic acids is 1. The summed E-state index contributed by atoms with van der Waals surface area (Å²) < 4.78 is 18.5. The van der Waals surface area contributed by atoms with Crippen LogP contribution in [0.4, 0.5) is 14.9 Å². The number of hydrogen-bond donors (Lipinski definition) is 2. The molecule has 2 amide bonds. The quantitative estimate of drug-likeness (QED) is 0.833. The highest BCUT2D eigenvalue weighted by atomic mass is 19.1. The van der Waals surface area contributed by atoms with Crippen LogP contribution in [0.3, 0.4) is 0 Å². The maximum Gasteiger partial charge on any atom is 0.321 e. The first-order valence-electron chi connectivity index (χ1n) is 7.01.